The number of alkyl halides is 1. The number of hydrogen-bond acceptors (Lipinski definition) is 3. The number of non-ortho nitro benzene ring substituents is 1. The monoisotopic (exact) mass is 257 g/mol. The average Bonchev–Trinajstić information content (AvgIpc) is 2.65. The summed E-state index contributed by atoms with van der Waals surface area (Å²) < 4.78 is 0. The van der Waals surface area contributed by atoms with E-state index in [1.54, 1.807) is 12.1 Å². The van der Waals surface area contributed by atoms with Gasteiger partial charge in [-0.25, -0.2) is 0 Å². The van der Waals surface area contributed by atoms with Gasteiger partial charge >= 0.3 is 0 Å². The first kappa shape index (κ1) is 11.7. The zero-order valence-corrected chi connectivity index (χ0v) is 10.2. The molecule has 86 valence electrons. The molecule has 0 N–H and O–H groups in total. The number of nitro benzene ring substituents is 1. The van der Waals surface area contributed by atoms with E-state index in [0.29, 0.717) is 5.92 Å². The highest BCUT2D eigenvalue weighted by molar-refractivity contribution is 7.99. The van der Waals surface area contributed by atoms with Crippen LogP contribution in [0, 0.1) is 16.0 Å². The van der Waals surface area contributed by atoms with Gasteiger partial charge in [-0.1, -0.05) is 12.1 Å². The van der Waals surface area contributed by atoms with E-state index < -0.39 is 0 Å². The highest BCUT2D eigenvalue weighted by Crippen LogP contribution is 2.31. The Morgan fingerprint density at radius 2 is 2.31 bits per heavy atom. The van der Waals surface area contributed by atoms with Crippen LogP contribution in [0.4, 0.5) is 5.69 Å². The Morgan fingerprint density at radius 1 is 1.50 bits per heavy atom. The number of rotatable bonds is 3. The summed E-state index contributed by atoms with van der Waals surface area (Å²) in [5, 5.41) is 10.8. The maximum Gasteiger partial charge on any atom is 0.269 e. The molecule has 0 aliphatic carbocycles. The maximum atomic E-state index is 10.6. The molecule has 1 aromatic rings. The van der Waals surface area contributed by atoms with Crippen LogP contribution >= 0.6 is 23.4 Å². The van der Waals surface area contributed by atoms with E-state index in [1.807, 2.05) is 17.8 Å². The molecule has 1 fully saturated rings. The molecule has 3 nitrogen and oxygen atoms in total. The van der Waals surface area contributed by atoms with Crippen molar-refractivity contribution >= 4 is 29.1 Å². The minimum Gasteiger partial charge on any atom is -0.258 e. The van der Waals surface area contributed by atoms with E-state index in [-0.39, 0.29) is 16.0 Å². The number of nitrogens with zero attached hydrogens (tertiary/aromatic N) is 1. The van der Waals surface area contributed by atoms with Crippen LogP contribution in [0.1, 0.15) is 5.56 Å². The number of hydrogen-bond donors (Lipinski definition) is 0. The molecule has 2 atom stereocenters. The third kappa shape index (κ3) is 2.68. The third-order valence-electron chi connectivity index (χ3n) is 2.74. The maximum absolute atomic E-state index is 10.6. The van der Waals surface area contributed by atoms with E-state index in [9.17, 15) is 10.1 Å². The Morgan fingerprint density at radius 3 is 2.94 bits per heavy atom. The summed E-state index contributed by atoms with van der Waals surface area (Å²) in [5.41, 5.74) is 1.17. The molecule has 1 saturated heterocycles. The van der Waals surface area contributed by atoms with E-state index in [4.69, 9.17) is 11.6 Å². The summed E-state index contributed by atoms with van der Waals surface area (Å²) in [5.74, 6) is 2.48. The zero-order chi connectivity index (χ0) is 11.5. The average molecular weight is 258 g/mol. The SMILES string of the molecule is O=[N+]([O-])c1cccc(CC2CSCC2Cl)c1. The molecule has 0 saturated carbocycles. The van der Waals surface area contributed by atoms with E-state index in [2.05, 4.69) is 0 Å². The van der Waals surface area contributed by atoms with Gasteiger partial charge in [-0.2, -0.15) is 11.8 Å². The summed E-state index contributed by atoms with van der Waals surface area (Å²) in [6, 6.07) is 6.83. The molecule has 2 rings (SSSR count). The largest absolute Gasteiger partial charge is 0.269 e. The van der Waals surface area contributed by atoms with Crippen molar-refractivity contribution in [3.8, 4) is 0 Å². The Balaban J connectivity index is 2.09. The van der Waals surface area contributed by atoms with Crippen molar-refractivity contribution in [2.24, 2.45) is 5.92 Å². The van der Waals surface area contributed by atoms with Gasteiger partial charge in [0.05, 0.1) is 4.92 Å². The minimum absolute atomic E-state index is 0.161. The molecule has 1 aliphatic rings. The van der Waals surface area contributed by atoms with Gasteiger partial charge < -0.3 is 0 Å². The molecular formula is C11H12ClNO2S. The molecule has 1 heterocycles. The first-order valence-electron chi connectivity index (χ1n) is 5.12. The van der Waals surface area contributed by atoms with Crippen molar-refractivity contribution in [3.63, 3.8) is 0 Å². The molecule has 2 unspecified atom stereocenters. The number of nitro groups is 1. The predicted molar refractivity (Wildman–Crippen MR) is 67.3 cm³/mol. The molecular weight excluding hydrogens is 246 g/mol. The Labute approximate surface area is 103 Å². The van der Waals surface area contributed by atoms with Crippen molar-refractivity contribution in [1.82, 2.24) is 0 Å². The lowest BCUT2D eigenvalue weighted by atomic mass is 9.98. The van der Waals surface area contributed by atoms with Gasteiger partial charge in [0.1, 0.15) is 0 Å². The van der Waals surface area contributed by atoms with Crippen LogP contribution in [-0.4, -0.2) is 21.8 Å². The highest BCUT2D eigenvalue weighted by Gasteiger charge is 2.26. The first-order chi connectivity index (χ1) is 7.66. The smallest absolute Gasteiger partial charge is 0.258 e. The molecule has 1 aromatic carbocycles. The third-order valence-corrected chi connectivity index (χ3v) is 4.69. The second-order valence-electron chi connectivity index (χ2n) is 3.94. The second kappa shape index (κ2) is 5.06. The van der Waals surface area contributed by atoms with Crippen LogP contribution in [0.25, 0.3) is 0 Å². The van der Waals surface area contributed by atoms with Crippen LogP contribution in [-0.2, 0) is 6.42 Å². The van der Waals surface area contributed by atoms with Crippen molar-refractivity contribution in [1.29, 1.82) is 0 Å². The van der Waals surface area contributed by atoms with Crippen LogP contribution in [0.2, 0.25) is 0 Å². The first-order valence-corrected chi connectivity index (χ1v) is 6.71. The van der Waals surface area contributed by atoms with Crippen LogP contribution < -0.4 is 0 Å². The fourth-order valence-electron chi connectivity index (χ4n) is 1.86. The standard InChI is InChI=1S/C11H12ClNO2S/c12-11-7-16-6-9(11)4-8-2-1-3-10(5-8)13(14)15/h1-3,5,9,11H,4,6-7H2. The van der Waals surface area contributed by atoms with E-state index in [1.165, 1.54) is 6.07 Å². The summed E-state index contributed by atoms with van der Waals surface area (Å²) in [6.45, 7) is 0. The molecule has 16 heavy (non-hydrogen) atoms. The fraction of sp³-hybridized carbons (Fsp3) is 0.455. The van der Waals surface area contributed by atoms with Gasteiger partial charge in [0, 0.05) is 23.3 Å². The van der Waals surface area contributed by atoms with Crippen molar-refractivity contribution in [2.75, 3.05) is 11.5 Å². The Kier molecular flexibility index (Phi) is 3.71. The van der Waals surface area contributed by atoms with E-state index >= 15 is 0 Å². The lowest BCUT2D eigenvalue weighted by Crippen LogP contribution is -2.14. The summed E-state index contributed by atoms with van der Waals surface area (Å²) in [6.07, 6.45) is 0.836. The van der Waals surface area contributed by atoms with Gasteiger partial charge in [-0.3, -0.25) is 10.1 Å². The quantitative estimate of drug-likeness (QED) is 0.475. The lowest BCUT2D eigenvalue weighted by Gasteiger charge is -2.12. The fourth-order valence-corrected chi connectivity index (χ4v) is 3.70. The number of halogens is 1. The molecule has 0 spiro atoms. The zero-order valence-electron chi connectivity index (χ0n) is 8.64. The molecule has 0 aromatic heterocycles. The second-order valence-corrected chi connectivity index (χ2v) is 5.58. The molecule has 5 heteroatoms. The topological polar surface area (TPSA) is 43.1 Å². The van der Waals surface area contributed by atoms with E-state index in [0.717, 1.165) is 23.5 Å². The van der Waals surface area contributed by atoms with Gasteiger partial charge in [0.25, 0.3) is 5.69 Å². The predicted octanol–water partition coefficient (Wildman–Crippen LogP) is 3.11. The summed E-state index contributed by atoms with van der Waals surface area (Å²) in [4.78, 5) is 10.3. The Bertz CT molecular complexity index is 399. The highest BCUT2D eigenvalue weighted by atomic mass is 35.5. The lowest BCUT2D eigenvalue weighted by molar-refractivity contribution is -0.384. The normalized spacial score (nSPS) is 24.6. The Hall–Kier alpha value is -0.740. The number of benzene rings is 1. The molecule has 0 bridgehead atoms. The van der Waals surface area contributed by atoms with Crippen molar-refractivity contribution in [2.45, 2.75) is 11.8 Å². The van der Waals surface area contributed by atoms with Gasteiger partial charge in [-0.05, 0) is 23.7 Å². The van der Waals surface area contributed by atoms with Crippen molar-refractivity contribution in [3.05, 3.63) is 39.9 Å². The molecule has 1 aliphatic heterocycles. The summed E-state index contributed by atoms with van der Waals surface area (Å²) in [7, 11) is 0. The van der Waals surface area contributed by atoms with Gasteiger partial charge in [-0.15, -0.1) is 11.6 Å². The van der Waals surface area contributed by atoms with Gasteiger partial charge in [0.15, 0.2) is 0 Å². The molecule has 0 radical (unpaired) electrons. The summed E-state index contributed by atoms with van der Waals surface area (Å²) >= 11 is 8.03. The number of thioether (sulfide) groups is 1. The van der Waals surface area contributed by atoms with Crippen molar-refractivity contribution < 1.29 is 4.92 Å². The molecule has 0 amide bonds. The van der Waals surface area contributed by atoms with Crippen LogP contribution in [0.5, 0.6) is 0 Å². The van der Waals surface area contributed by atoms with Gasteiger partial charge in [0.2, 0.25) is 0 Å². The van der Waals surface area contributed by atoms with Crippen LogP contribution in [0.15, 0.2) is 24.3 Å². The minimum atomic E-state index is -0.356. The van der Waals surface area contributed by atoms with Crippen LogP contribution in [0.3, 0.4) is 0 Å².